The summed E-state index contributed by atoms with van der Waals surface area (Å²) in [5, 5.41) is 12.6. The van der Waals surface area contributed by atoms with Crippen molar-refractivity contribution in [3.8, 4) is 17.6 Å². The monoisotopic (exact) mass is 338 g/mol. The van der Waals surface area contributed by atoms with Crippen LogP contribution in [0.25, 0.3) is 0 Å². The lowest BCUT2D eigenvalue weighted by atomic mass is 10.1. The number of aromatic nitrogens is 1. The molecule has 1 fully saturated rings. The van der Waals surface area contributed by atoms with Crippen LogP contribution in [0.2, 0.25) is 0 Å². The minimum absolute atomic E-state index is 0.305. The molecule has 0 spiro atoms. The van der Waals surface area contributed by atoms with Crippen LogP contribution in [0.3, 0.4) is 0 Å². The smallest absolute Gasteiger partial charge is 0.162 e. The quantitative estimate of drug-likeness (QED) is 0.903. The topological polar surface area (TPSA) is 70.4 Å². The van der Waals surface area contributed by atoms with Gasteiger partial charge in [0.15, 0.2) is 11.5 Å². The minimum Gasteiger partial charge on any atom is -0.493 e. The van der Waals surface area contributed by atoms with Crippen molar-refractivity contribution in [2.75, 3.05) is 37.5 Å². The lowest BCUT2D eigenvalue weighted by molar-refractivity contribution is 0.355. The van der Waals surface area contributed by atoms with Gasteiger partial charge in [0.1, 0.15) is 17.6 Å². The van der Waals surface area contributed by atoms with E-state index < -0.39 is 0 Å². The molecule has 2 aromatic rings. The molecule has 1 aromatic carbocycles. The van der Waals surface area contributed by atoms with Crippen LogP contribution in [0.5, 0.6) is 11.5 Å². The SMILES string of the molecule is COc1ccc(N[C@@H]2CCCN(c3cccc(C#N)n3)C2)cc1OC. The summed E-state index contributed by atoms with van der Waals surface area (Å²) in [5.41, 5.74) is 1.45. The maximum Gasteiger partial charge on any atom is 0.162 e. The largest absolute Gasteiger partial charge is 0.493 e. The first-order valence-electron chi connectivity index (χ1n) is 8.34. The number of nitriles is 1. The molecule has 0 bridgehead atoms. The molecule has 130 valence electrons. The summed E-state index contributed by atoms with van der Waals surface area (Å²) in [4.78, 5) is 6.63. The Morgan fingerprint density at radius 1 is 1.20 bits per heavy atom. The first-order valence-corrected chi connectivity index (χ1v) is 8.34. The zero-order chi connectivity index (χ0) is 17.6. The molecule has 0 amide bonds. The van der Waals surface area contributed by atoms with Crippen LogP contribution in [0.15, 0.2) is 36.4 Å². The molecule has 0 saturated carbocycles. The Hall–Kier alpha value is -2.94. The second-order valence-corrected chi connectivity index (χ2v) is 5.99. The van der Waals surface area contributed by atoms with Gasteiger partial charge >= 0.3 is 0 Å². The zero-order valence-electron chi connectivity index (χ0n) is 14.5. The molecule has 25 heavy (non-hydrogen) atoms. The third-order valence-corrected chi connectivity index (χ3v) is 4.35. The first kappa shape index (κ1) is 16.9. The molecule has 1 saturated heterocycles. The molecule has 0 unspecified atom stereocenters. The van der Waals surface area contributed by atoms with Crippen LogP contribution in [0.4, 0.5) is 11.5 Å². The molecule has 1 atom stereocenters. The molecule has 3 rings (SSSR count). The van der Waals surface area contributed by atoms with Gasteiger partial charge in [-0.05, 0) is 37.1 Å². The van der Waals surface area contributed by atoms with Gasteiger partial charge < -0.3 is 19.7 Å². The number of rotatable bonds is 5. The molecule has 6 heteroatoms. The van der Waals surface area contributed by atoms with E-state index in [-0.39, 0.29) is 0 Å². The molecule has 1 aromatic heterocycles. The summed E-state index contributed by atoms with van der Waals surface area (Å²) in [6.45, 7) is 1.79. The predicted octanol–water partition coefficient (Wildman–Crippen LogP) is 3.05. The highest BCUT2D eigenvalue weighted by Crippen LogP contribution is 2.30. The van der Waals surface area contributed by atoms with Gasteiger partial charge in [-0.15, -0.1) is 0 Å². The lowest BCUT2D eigenvalue weighted by Gasteiger charge is -2.34. The predicted molar refractivity (Wildman–Crippen MR) is 97.4 cm³/mol. The number of piperidine rings is 1. The molecule has 6 nitrogen and oxygen atoms in total. The number of anilines is 2. The number of nitrogens with zero attached hydrogens (tertiary/aromatic N) is 3. The summed E-state index contributed by atoms with van der Waals surface area (Å²) in [7, 11) is 3.27. The van der Waals surface area contributed by atoms with Gasteiger partial charge in [0, 0.05) is 30.9 Å². The Morgan fingerprint density at radius 3 is 2.80 bits per heavy atom. The Bertz CT molecular complexity index is 772. The van der Waals surface area contributed by atoms with Gasteiger partial charge in [0.25, 0.3) is 0 Å². The van der Waals surface area contributed by atoms with E-state index in [1.165, 1.54) is 0 Å². The van der Waals surface area contributed by atoms with E-state index in [4.69, 9.17) is 14.7 Å². The minimum atomic E-state index is 0.305. The fraction of sp³-hybridized carbons (Fsp3) is 0.368. The maximum absolute atomic E-state index is 9.03. The van der Waals surface area contributed by atoms with Crippen LogP contribution in [-0.4, -0.2) is 38.3 Å². The highest BCUT2D eigenvalue weighted by Gasteiger charge is 2.21. The average molecular weight is 338 g/mol. The number of benzene rings is 1. The summed E-state index contributed by atoms with van der Waals surface area (Å²) in [5.74, 6) is 2.29. The highest BCUT2D eigenvalue weighted by atomic mass is 16.5. The van der Waals surface area contributed by atoms with Gasteiger partial charge in [-0.3, -0.25) is 0 Å². The van der Waals surface area contributed by atoms with Crippen molar-refractivity contribution in [2.24, 2.45) is 0 Å². The third kappa shape index (κ3) is 3.94. The first-order chi connectivity index (χ1) is 12.2. The standard InChI is InChI=1S/C19H22N4O2/c1-24-17-9-8-14(11-18(17)25-2)21-16-6-4-10-23(13-16)19-7-3-5-15(12-20)22-19/h3,5,7-9,11,16,21H,4,6,10,13H2,1-2H3/t16-/m1/s1. The van der Waals surface area contributed by atoms with E-state index >= 15 is 0 Å². The Morgan fingerprint density at radius 2 is 2.04 bits per heavy atom. The zero-order valence-corrected chi connectivity index (χ0v) is 14.5. The van der Waals surface area contributed by atoms with Gasteiger partial charge in [-0.2, -0.15) is 5.26 Å². The normalized spacial score (nSPS) is 16.8. The molecule has 1 aliphatic rings. The van der Waals surface area contributed by atoms with Crippen molar-refractivity contribution in [3.63, 3.8) is 0 Å². The van der Waals surface area contributed by atoms with E-state index in [2.05, 4.69) is 21.3 Å². The Kier molecular flexibility index (Phi) is 5.24. The maximum atomic E-state index is 9.03. The fourth-order valence-corrected chi connectivity index (χ4v) is 3.13. The average Bonchev–Trinajstić information content (AvgIpc) is 2.68. The van der Waals surface area contributed by atoms with Crippen LogP contribution in [-0.2, 0) is 0 Å². The summed E-state index contributed by atoms with van der Waals surface area (Å²) < 4.78 is 10.6. The van der Waals surface area contributed by atoms with Crippen molar-refractivity contribution in [1.82, 2.24) is 4.98 Å². The van der Waals surface area contributed by atoms with Crippen molar-refractivity contribution in [2.45, 2.75) is 18.9 Å². The number of hydrogen-bond acceptors (Lipinski definition) is 6. The number of ether oxygens (including phenoxy) is 2. The van der Waals surface area contributed by atoms with E-state index in [0.29, 0.717) is 17.5 Å². The molecule has 1 N–H and O–H groups in total. The number of hydrogen-bond donors (Lipinski definition) is 1. The molecule has 2 heterocycles. The highest BCUT2D eigenvalue weighted by molar-refractivity contribution is 5.55. The number of pyridine rings is 1. The Balaban J connectivity index is 1.70. The molecule has 0 aliphatic carbocycles. The van der Waals surface area contributed by atoms with E-state index in [9.17, 15) is 0 Å². The lowest BCUT2D eigenvalue weighted by Crippen LogP contribution is -2.42. The van der Waals surface area contributed by atoms with Crippen LogP contribution < -0.4 is 19.7 Å². The van der Waals surface area contributed by atoms with Gasteiger partial charge in [0.05, 0.1) is 14.2 Å². The second kappa shape index (κ2) is 7.75. The summed E-state index contributed by atoms with van der Waals surface area (Å²) in [6, 6.07) is 13.8. The second-order valence-electron chi connectivity index (χ2n) is 5.99. The Labute approximate surface area is 148 Å². The van der Waals surface area contributed by atoms with Crippen molar-refractivity contribution < 1.29 is 9.47 Å². The molecular formula is C19H22N4O2. The number of methoxy groups -OCH3 is 2. The fourth-order valence-electron chi connectivity index (χ4n) is 3.13. The van der Waals surface area contributed by atoms with Crippen molar-refractivity contribution >= 4 is 11.5 Å². The molecule has 1 aliphatic heterocycles. The van der Waals surface area contributed by atoms with Gasteiger partial charge in [-0.1, -0.05) is 6.07 Å². The van der Waals surface area contributed by atoms with Crippen LogP contribution >= 0.6 is 0 Å². The van der Waals surface area contributed by atoms with E-state index in [1.54, 1.807) is 20.3 Å². The summed E-state index contributed by atoms with van der Waals surface area (Å²) in [6.07, 6.45) is 2.16. The number of nitrogens with one attached hydrogen (secondary N) is 1. The van der Waals surface area contributed by atoms with Crippen LogP contribution in [0.1, 0.15) is 18.5 Å². The van der Waals surface area contributed by atoms with Crippen molar-refractivity contribution in [1.29, 1.82) is 5.26 Å². The molecular weight excluding hydrogens is 316 g/mol. The molecule has 0 radical (unpaired) electrons. The van der Waals surface area contributed by atoms with Crippen molar-refractivity contribution in [3.05, 3.63) is 42.1 Å². The van der Waals surface area contributed by atoms with Gasteiger partial charge in [-0.25, -0.2) is 4.98 Å². The third-order valence-electron chi connectivity index (χ3n) is 4.35. The van der Waals surface area contributed by atoms with Gasteiger partial charge in [0.2, 0.25) is 0 Å². The van der Waals surface area contributed by atoms with Crippen LogP contribution in [0, 0.1) is 11.3 Å². The summed E-state index contributed by atoms with van der Waals surface area (Å²) >= 11 is 0. The van der Waals surface area contributed by atoms with E-state index in [0.717, 1.165) is 43.2 Å². The van der Waals surface area contributed by atoms with E-state index in [1.807, 2.05) is 30.3 Å².